The number of esters is 1. The van der Waals surface area contributed by atoms with Gasteiger partial charge in [0.2, 0.25) is 5.95 Å². The maximum Gasteiger partial charge on any atom is 0.416 e. The molecule has 2 fully saturated rings. The van der Waals surface area contributed by atoms with E-state index in [0.717, 1.165) is 5.69 Å². The van der Waals surface area contributed by atoms with E-state index in [-0.39, 0.29) is 29.4 Å². The van der Waals surface area contributed by atoms with E-state index in [9.17, 15) is 18.0 Å². The number of alkyl halides is 3. The fourth-order valence-electron chi connectivity index (χ4n) is 4.93. The minimum absolute atomic E-state index is 0.0940. The summed E-state index contributed by atoms with van der Waals surface area (Å²) in [5.41, 5.74) is 0.874. The van der Waals surface area contributed by atoms with Crippen molar-refractivity contribution in [3.8, 4) is 0 Å². The summed E-state index contributed by atoms with van der Waals surface area (Å²) in [6.45, 7) is 5.35. The highest BCUT2D eigenvalue weighted by Gasteiger charge is 2.44. The largest absolute Gasteiger partial charge is 0.464 e. The van der Waals surface area contributed by atoms with Gasteiger partial charge in [-0.15, -0.1) is 0 Å². The number of methoxy groups -OCH3 is 1. The van der Waals surface area contributed by atoms with Gasteiger partial charge in [0, 0.05) is 18.8 Å². The molecule has 1 saturated heterocycles. The van der Waals surface area contributed by atoms with Crippen molar-refractivity contribution in [3.63, 3.8) is 0 Å². The van der Waals surface area contributed by atoms with Crippen LogP contribution in [0.3, 0.4) is 0 Å². The SMILES string of the molecule is COC(=O)c1cc(C(C)C)nc(N2C[C@H]3C[C@@H](c4ccccc4C(F)(F)F)C[C@H]3C2)n1. The number of carbonyl (C=O) groups excluding carboxylic acids is 1. The number of hydrogen-bond acceptors (Lipinski definition) is 5. The maximum absolute atomic E-state index is 13.4. The molecule has 31 heavy (non-hydrogen) atoms. The van der Waals surface area contributed by atoms with Crippen molar-refractivity contribution in [2.24, 2.45) is 11.8 Å². The molecule has 2 aromatic rings. The number of nitrogens with zero attached hydrogens (tertiary/aromatic N) is 3. The Morgan fingerprint density at radius 2 is 1.77 bits per heavy atom. The van der Waals surface area contributed by atoms with Crippen LogP contribution < -0.4 is 4.90 Å². The lowest BCUT2D eigenvalue weighted by Crippen LogP contribution is -2.25. The first-order chi connectivity index (χ1) is 14.7. The Morgan fingerprint density at radius 1 is 1.13 bits per heavy atom. The molecule has 1 aromatic carbocycles. The summed E-state index contributed by atoms with van der Waals surface area (Å²) in [5.74, 6) is 0.569. The molecular weight excluding hydrogens is 407 g/mol. The molecule has 0 amide bonds. The Morgan fingerprint density at radius 3 is 2.35 bits per heavy atom. The van der Waals surface area contributed by atoms with E-state index >= 15 is 0 Å². The molecule has 0 radical (unpaired) electrons. The highest BCUT2D eigenvalue weighted by molar-refractivity contribution is 5.87. The van der Waals surface area contributed by atoms with Gasteiger partial charge in [-0.3, -0.25) is 0 Å². The molecule has 1 aliphatic carbocycles. The van der Waals surface area contributed by atoms with Crippen LogP contribution in [-0.2, 0) is 10.9 Å². The third-order valence-corrected chi connectivity index (χ3v) is 6.46. The minimum atomic E-state index is -4.34. The van der Waals surface area contributed by atoms with Crippen molar-refractivity contribution in [2.75, 3.05) is 25.1 Å². The predicted octanol–water partition coefficient (Wildman–Crippen LogP) is 5.04. The van der Waals surface area contributed by atoms with Crippen molar-refractivity contribution in [1.82, 2.24) is 9.97 Å². The second-order valence-corrected chi connectivity index (χ2v) is 8.80. The van der Waals surface area contributed by atoms with Gasteiger partial charge in [-0.1, -0.05) is 32.0 Å². The normalized spacial score (nSPS) is 23.3. The lowest BCUT2D eigenvalue weighted by Gasteiger charge is -2.22. The molecule has 0 unspecified atom stereocenters. The van der Waals surface area contributed by atoms with Crippen molar-refractivity contribution < 1.29 is 22.7 Å². The zero-order valence-corrected chi connectivity index (χ0v) is 17.8. The first-order valence-corrected chi connectivity index (χ1v) is 10.6. The molecule has 0 spiro atoms. The van der Waals surface area contributed by atoms with Crippen LogP contribution in [0.4, 0.5) is 19.1 Å². The number of halogens is 3. The van der Waals surface area contributed by atoms with Crippen LogP contribution >= 0.6 is 0 Å². The first kappa shape index (κ1) is 21.6. The Kier molecular flexibility index (Phi) is 5.66. The van der Waals surface area contributed by atoms with E-state index in [4.69, 9.17) is 4.74 Å². The molecule has 5 nitrogen and oxygen atoms in total. The smallest absolute Gasteiger partial charge is 0.416 e. The Balaban J connectivity index is 1.53. The van der Waals surface area contributed by atoms with Crippen LogP contribution in [0.1, 0.15) is 65.8 Å². The molecule has 1 aliphatic heterocycles. The lowest BCUT2D eigenvalue weighted by molar-refractivity contribution is -0.138. The quantitative estimate of drug-likeness (QED) is 0.633. The van der Waals surface area contributed by atoms with Gasteiger partial charge in [0.1, 0.15) is 0 Å². The second kappa shape index (κ2) is 8.13. The number of ether oxygens (including phenoxy) is 1. The van der Waals surface area contributed by atoms with E-state index < -0.39 is 17.7 Å². The predicted molar refractivity (Wildman–Crippen MR) is 110 cm³/mol. The molecule has 2 heterocycles. The average Bonchev–Trinajstić information content (AvgIpc) is 3.31. The summed E-state index contributed by atoms with van der Waals surface area (Å²) in [5, 5.41) is 0. The molecule has 166 valence electrons. The summed E-state index contributed by atoms with van der Waals surface area (Å²) < 4.78 is 45.2. The molecule has 1 saturated carbocycles. The zero-order chi connectivity index (χ0) is 22.3. The van der Waals surface area contributed by atoms with Crippen molar-refractivity contribution >= 4 is 11.9 Å². The average molecular weight is 433 g/mol. The van der Waals surface area contributed by atoms with Gasteiger partial charge in [0.15, 0.2) is 5.69 Å². The number of hydrogen-bond donors (Lipinski definition) is 0. The number of carbonyl (C=O) groups is 1. The van der Waals surface area contributed by atoms with E-state index in [1.165, 1.54) is 19.2 Å². The lowest BCUT2D eigenvalue weighted by atomic mass is 9.91. The van der Waals surface area contributed by atoms with Crippen LogP contribution in [0, 0.1) is 11.8 Å². The third-order valence-electron chi connectivity index (χ3n) is 6.46. The topological polar surface area (TPSA) is 55.3 Å². The number of aromatic nitrogens is 2. The summed E-state index contributed by atoms with van der Waals surface area (Å²) in [6.07, 6.45) is -2.92. The maximum atomic E-state index is 13.4. The van der Waals surface area contributed by atoms with Crippen LogP contribution in [-0.4, -0.2) is 36.1 Å². The van der Waals surface area contributed by atoms with E-state index in [2.05, 4.69) is 14.9 Å². The molecule has 8 heteroatoms. The fraction of sp³-hybridized carbons (Fsp3) is 0.522. The minimum Gasteiger partial charge on any atom is -0.464 e. The number of benzene rings is 1. The Labute approximate surface area is 179 Å². The van der Waals surface area contributed by atoms with Crippen LogP contribution in [0.15, 0.2) is 30.3 Å². The second-order valence-electron chi connectivity index (χ2n) is 8.80. The third kappa shape index (κ3) is 4.25. The molecule has 1 aromatic heterocycles. The molecule has 3 atom stereocenters. The highest BCUT2D eigenvalue weighted by Crippen LogP contribution is 2.49. The van der Waals surface area contributed by atoms with Crippen LogP contribution in [0.2, 0.25) is 0 Å². The first-order valence-electron chi connectivity index (χ1n) is 10.6. The summed E-state index contributed by atoms with van der Waals surface area (Å²) in [4.78, 5) is 23.1. The van der Waals surface area contributed by atoms with Gasteiger partial charge >= 0.3 is 12.1 Å². The monoisotopic (exact) mass is 433 g/mol. The molecule has 0 bridgehead atoms. The number of rotatable bonds is 4. The van der Waals surface area contributed by atoms with Crippen LogP contribution in [0.25, 0.3) is 0 Å². The van der Waals surface area contributed by atoms with E-state index in [1.54, 1.807) is 18.2 Å². The standard InChI is InChI=1S/C23H26F3N3O2/c1-13(2)19-10-20(21(30)31-3)28-22(27-19)29-11-15-8-14(9-16(15)12-29)17-6-4-5-7-18(17)23(24,25)26/h4-7,10,13-16H,8-9,11-12H2,1-3H3/t14-,15-,16+. The highest BCUT2D eigenvalue weighted by atomic mass is 19.4. The fourth-order valence-corrected chi connectivity index (χ4v) is 4.93. The van der Waals surface area contributed by atoms with Gasteiger partial charge in [0.05, 0.1) is 12.7 Å². The Bertz CT molecular complexity index is 963. The molecule has 0 N–H and O–H groups in total. The van der Waals surface area contributed by atoms with Gasteiger partial charge in [-0.25, -0.2) is 14.8 Å². The van der Waals surface area contributed by atoms with E-state index in [1.807, 2.05) is 13.8 Å². The summed E-state index contributed by atoms with van der Waals surface area (Å²) in [6, 6.07) is 7.58. The van der Waals surface area contributed by atoms with Gasteiger partial charge < -0.3 is 9.64 Å². The van der Waals surface area contributed by atoms with Crippen LogP contribution in [0.5, 0.6) is 0 Å². The number of fused-ring (bicyclic) bond motifs is 1. The van der Waals surface area contributed by atoms with Crippen molar-refractivity contribution in [2.45, 2.75) is 44.7 Å². The van der Waals surface area contributed by atoms with Gasteiger partial charge in [0.25, 0.3) is 0 Å². The zero-order valence-electron chi connectivity index (χ0n) is 17.8. The molecule has 2 aliphatic rings. The van der Waals surface area contributed by atoms with Gasteiger partial charge in [-0.2, -0.15) is 13.2 Å². The molecular formula is C23H26F3N3O2. The number of anilines is 1. The Hall–Kier alpha value is -2.64. The summed E-state index contributed by atoms with van der Waals surface area (Å²) in [7, 11) is 1.32. The van der Waals surface area contributed by atoms with Gasteiger partial charge in [-0.05, 0) is 54.2 Å². The van der Waals surface area contributed by atoms with E-state index in [0.29, 0.717) is 37.4 Å². The summed E-state index contributed by atoms with van der Waals surface area (Å²) >= 11 is 0. The molecule has 4 rings (SSSR count). The van der Waals surface area contributed by atoms with Crippen molar-refractivity contribution in [1.29, 1.82) is 0 Å². The van der Waals surface area contributed by atoms with Crippen molar-refractivity contribution in [3.05, 3.63) is 52.8 Å².